The molecule has 0 saturated carbocycles. The van der Waals surface area contributed by atoms with Crippen molar-refractivity contribution in [2.75, 3.05) is 5.73 Å². The van der Waals surface area contributed by atoms with Gasteiger partial charge in [0, 0.05) is 24.1 Å². The summed E-state index contributed by atoms with van der Waals surface area (Å²) in [6.07, 6.45) is -2.46. The average molecular weight is 265 g/mol. The van der Waals surface area contributed by atoms with Crippen LogP contribution >= 0.6 is 0 Å². The number of alkyl halides is 2. The SMILES string of the molecule is CC(C)c1nc(-c2ccc(C(F)F)cc2)c(N)n1C. The average Bonchev–Trinajstić information content (AvgIpc) is 2.67. The zero-order valence-corrected chi connectivity index (χ0v) is 11.2. The van der Waals surface area contributed by atoms with Crippen molar-refractivity contribution >= 4 is 5.82 Å². The molecular formula is C14H17F2N3. The van der Waals surface area contributed by atoms with E-state index >= 15 is 0 Å². The van der Waals surface area contributed by atoms with Gasteiger partial charge in [0.1, 0.15) is 17.3 Å². The van der Waals surface area contributed by atoms with Gasteiger partial charge in [0.15, 0.2) is 0 Å². The molecule has 0 fully saturated rings. The van der Waals surface area contributed by atoms with Gasteiger partial charge in [-0.2, -0.15) is 0 Å². The van der Waals surface area contributed by atoms with Crippen LogP contribution in [0, 0.1) is 0 Å². The molecule has 0 aliphatic heterocycles. The van der Waals surface area contributed by atoms with E-state index in [1.54, 1.807) is 12.1 Å². The second-order valence-corrected chi connectivity index (χ2v) is 4.84. The summed E-state index contributed by atoms with van der Waals surface area (Å²) in [7, 11) is 1.86. The number of benzene rings is 1. The third-order valence-corrected chi connectivity index (χ3v) is 3.13. The number of nitrogens with zero attached hydrogens (tertiary/aromatic N) is 2. The lowest BCUT2D eigenvalue weighted by molar-refractivity contribution is 0.151. The largest absolute Gasteiger partial charge is 0.383 e. The van der Waals surface area contributed by atoms with E-state index in [1.165, 1.54) is 12.1 Å². The van der Waals surface area contributed by atoms with Crippen LogP contribution in [0.2, 0.25) is 0 Å². The number of anilines is 1. The van der Waals surface area contributed by atoms with Gasteiger partial charge in [-0.05, 0) is 0 Å². The smallest absolute Gasteiger partial charge is 0.263 e. The Morgan fingerprint density at radius 1 is 1.16 bits per heavy atom. The molecule has 2 rings (SSSR count). The fourth-order valence-electron chi connectivity index (χ4n) is 2.04. The monoisotopic (exact) mass is 265 g/mol. The van der Waals surface area contributed by atoms with E-state index in [2.05, 4.69) is 4.98 Å². The lowest BCUT2D eigenvalue weighted by Crippen LogP contribution is -2.02. The highest BCUT2D eigenvalue weighted by atomic mass is 19.3. The molecule has 19 heavy (non-hydrogen) atoms. The minimum Gasteiger partial charge on any atom is -0.383 e. The summed E-state index contributed by atoms with van der Waals surface area (Å²) in [4.78, 5) is 4.50. The van der Waals surface area contributed by atoms with Crippen LogP contribution in [0.25, 0.3) is 11.3 Å². The quantitative estimate of drug-likeness (QED) is 0.919. The maximum Gasteiger partial charge on any atom is 0.263 e. The summed E-state index contributed by atoms with van der Waals surface area (Å²) in [5, 5.41) is 0. The zero-order valence-electron chi connectivity index (χ0n) is 11.2. The van der Waals surface area contributed by atoms with Crippen molar-refractivity contribution in [3.8, 4) is 11.3 Å². The molecular weight excluding hydrogens is 248 g/mol. The first-order chi connectivity index (χ1) is 8.91. The molecule has 0 aliphatic carbocycles. The topological polar surface area (TPSA) is 43.8 Å². The van der Waals surface area contributed by atoms with E-state index in [9.17, 15) is 8.78 Å². The highest BCUT2D eigenvalue weighted by molar-refractivity contribution is 5.71. The molecule has 1 heterocycles. The molecule has 102 valence electrons. The van der Waals surface area contributed by atoms with Crippen molar-refractivity contribution in [3.05, 3.63) is 35.7 Å². The molecule has 1 aromatic heterocycles. The number of hydrogen-bond donors (Lipinski definition) is 1. The zero-order chi connectivity index (χ0) is 14.2. The summed E-state index contributed by atoms with van der Waals surface area (Å²) >= 11 is 0. The molecule has 0 saturated heterocycles. The van der Waals surface area contributed by atoms with E-state index < -0.39 is 6.43 Å². The molecule has 0 amide bonds. The van der Waals surface area contributed by atoms with Crippen molar-refractivity contribution in [1.29, 1.82) is 0 Å². The molecule has 2 aromatic rings. The molecule has 0 atom stereocenters. The van der Waals surface area contributed by atoms with Crippen LogP contribution < -0.4 is 5.73 Å². The second-order valence-electron chi connectivity index (χ2n) is 4.84. The maximum absolute atomic E-state index is 12.5. The molecule has 3 nitrogen and oxygen atoms in total. The molecule has 0 spiro atoms. The number of nitrogens with two attached hydrogens (primary N) is 1. The summed E-state index contributed by atoms with van der Waals surface area (Å²) in [6, 6.07) is 6.07. The Balaban J connectivity index is 2.44. The first-order valence-electron chi connectivity index (χ1n) is 6.12. The van der Waals surface area contributed by atoms with Gasteiger partial charge in [0.2, 0.25) is 0 Å². The van der Waals surface area contributed by atoms with Crippen molar-refractivity contribution in [1.82, 2.24) is 9.55 Å². The van der Waals surface area contributed by atoms with Gasteiger partial charge in [0.25, 0.3) is 6.43 Å². The van der Waals surface area contributed by atoms with Gasteiger partial charge in [-0.1, -0.05) is 38.1 Å². The van der Waals surface area contributed by atoms with Crippen LogP contribution in [0.5, 0.6) is 0 Å². The number of nitrogen functional groups attached to an aromatic ring is 1. The Morgan fingerprint density at radius 2 is 1.74 bits per heavy atom. The Hall–Kier alpha value is -1.91. The third-order valence-electron chi connectivity index (χ3n) is 3.13. The van der Waals surface area contributed by atoms with Crippen LogP contribution in [-0.2, 0) is 7.05 Å². The van der Waals surface area contributed by atoms with Crippen molar-refractivity contribution in [2.45, 2.75) is 26.2 Å². The van der Waals surface area contributed by atoms with Crippen LogP contribution in [0.3, 0.4) is 0 Å². The standard InChI is InChI=1S/C14H17F2N3/c1-8(2)14-18-11(13(17)19(14)3)9-4-6-10(7-5-9)12(15)16/h4-8,12H,17H2,1-3H3. The first kappa shape index (κ1) is 13.5. The number of imidazole rings is 1. The summed E-state index contributed by atoms with van der Waals surface area (Å²) < 4.78 is 26.9. The highest BCUT2D eigenvalue weighted by Crippen LogP contribution is 2.29. The second kappa shape index (κ2) is 4.99. The summed E-state index contributed by atoms with van der Waals surface area (Å²) in [5.74, 6) is 1.68. The molecule has 1 aromatic carbocycles. The predicted molar refractivity (Wildman–Crippen MR) is 72.1 cm³/mol. The lowest BCUT2D eigenvalue weighted by Gasteiger charge is -2.04. The summed E-state index contributed by atoms with van der Waals surface area (Å²) in [6.45, 7) is 4.07. The van der Waals surface area contributed by atoms with E-state index in [4.69, 9.17) is 5.73 Å². The molecule has 0 aliphatic rings. The molecule has 0 radical (unpaired) electrons. The number of rotatable bonds is 3. The molecule has 0 bridgehead atoms. The Labute approximate surface area is 111 Å². The number of hydrogen-bond acceptors (Lipinski definition) is 2. The molecule has 2 N–H and O–H groups in total. The number of halogens is 2. The fourth-order valence-corrected chi connectivity index (χ4v) is 2.04. The van der Waals surface area contributed by atoms with Crippen LogP contribution in [0.15, 0.2) is 24.3 Å². The Morgan fingerprint density at radius 3 is 2.16 bits per heavy atom. The van der Waals surface area contributed by atoms with Crippen LogP contribution in [0.1, 0.15) is 37.6 Å². The molecule has 0 unspecified atom stereocenters. The van der Waals surface area contributed by atoms with Gasteiger partial charge >= 0.3 is 0 Å². The lowest BCUT2D eigenvalue weighted by atomic mass is 10.1. The summed E-state index contributed by atoms with van der Waals surface area (Å²) in [5.41, 5.74) is 7.43. The van der Waals surface area contributed by atoms with Gasteiger partial charge in [0.05, 0.1) is 0 Å². The minimum atomic E-state index is -2.46. The van der Waals surface area contributed by atoms with Crippen LogP contribution in [-0.4, -0.2) is 9.55 Å². The van der Waals surface area contributed by atoms with Gasteiger partial charge in [-0.25, -0.2) is 13.8 Å². The Kier molecular flexibility index (Phi) is 3.55. The van der Waals surface area contributed by atoms with E-state index in [-0.39, 0.29) is 11.5 Å². The van der Waals surface area contributed by atoms with E-state index in [0.29, 0.717) is 11.5 Å². The van der Waals surface area contributed by atoms with Gasteiger partial charge in [-0.15, -0.1) is 0 Å². The van der Waals surface area contributed by atoms with Crippen LogP contribution in [0.4, 0.5) is 14.6 Å². The normalized spacial score (nSPS) is 11.5. The van der Waals surface area contributed by atoms with Crippen molar-refractivity contribution in [3.63, 3.8) is 0 Å². The van der Waals surface area contributed by atoms with E-state index in [0.717, 1.165) is 11.4 Å². The minimum absolute atomic E-state index is 0.00216. The predicted octanol–water partition coefficient (Wildman–Crippen LogP) is 3.73. The third kappa shape index (κ3) is 2.45. The van der Waals surface area contributed by atoms with Gasteiger partial charge < -0.3 is 10.3 Å². The highest BCUT2D eigenvalue weighted by Gasteiger charge is 2.16. The number of aromatic nitrogens is 2. The first-order valence-corrected chi connectivity index (χ1v) is 6.12. The van der Waals surface area contributed by atoms with E-state index in [1.807, 2.05) is 25.5 Å². The Bertz CT molecular complexity index is 571. The molecule has 5 heteroatoms. The maximum atomic E-state index is 12.5. The van der Waals surface area contributed by atoms with Crippen molar-refractivity contribution in [2.24, 2.45) is 7.05 Å². The van der Waals surface area contributed by atoms with Crippen molar-refractivity contribution < 1.29 is 8.78 Å². The van der Waals surface area contributed by atoms with Gasteiger partial charge in [-0.3, -0.25) is 0 Å². The fraction of sp³-hybridized carbons (Fsp3) is 0.357.